The van der Waals surface area contributed by atoms with Crippen LogP contribution in [0.5, 0.6) is 5.75 Å². The number of ether oxygens (including phenoxy) is 1. The quantitative estimate of drug-likeness (QED) is 0.546. The number of aryl methyl sites for hydroxylation is 2. The summed E-state index contributed by atoms with van der Waals surface area (Å²) in [7, 11) is -4.83. The first-order valence-corrected chi connectivity index (χ1v) is 10.6. The molecule has 1 aromatic carbocycles. The number of phosphoric acid groups is 1. The highest BCUT2D eigenvalue weighted by atomic mass is 31.2. The van der Waals surface area contributed by atoms with Crippen molar-refractivity contribution in [3.8, 4) is 5.75 Å². The van der Waals surface area contributed by atoms with E-state index in [9.17, 15) is 28.8 Å². The molecule has 0 radical (unpaired) electrons. The Balaban J connectivity index is 1.64. The molecule has 0 amide bonds. The predicted molar refractivity (Wildman–Crippen MR) is 102 cm³/mol. The standard InChI is InChI=1S/C18H19F2N2O9P/c1-8-3-9(2)13-10(4-8)6-28-32(27,31-13)29-7-18(20)14(24)12(23)16(30-18)22-5-11(19)15(25)21-17(22)26/h3-5,12,14,16,23-24H,6-7H2,1-2H3,(H,21,25,26)/t12-,14+,16-,18-,32?/m1/s1/i7D2. The third-order valence-electron chi connectivity index (χ3n) is 4.86. The van der Waals surface area contributed by atoms with Crippen molar-refractivity contribution in [2.24, 2.45) is 0 Å². The minimum atomic E-state index is -4.83. The normalized spacial score (nSPS) is 33.2. The lowest BCUT2D eigenvalue weighted by Gasteiger charge is -2.29. The number of aromatic nitrogens is 2. The van der Waals surface area contributed by atoms with Gasteiger partial charge in [-0.15, -0.1) is 0 Å². The molecule has 0 saturated carbocycles. The molecule has 3 heterocycles. The zero-order valence-electron chi connectivity index (χ0n) is 18.6. The molecule has 3 N–H and O–H groups in total. The molecule has 32 heavy (non-hydrogen) atoms. The van der Waals surface area contributed by atoms with Gasteiger partial charge < -0.3 is 19.5 Å². The first-order valence-electron chi connectivity index (χ1n) is 10.2. The smallest absolute Gasteiger partial charge is 0.403 e. The van der Waals surface area contributed by atoms with Crippen LogP contribution in [0.3, 0.4) is 0 Å². The Morgan fingerprint density at radius 3 is 2.84 bits per heavy atom. The molecule has 4 rings (SSSR count). The molecule has 1 saturated heterocycles. The number of alkyl halides is 1. The maximum absolute atomic E-state index is 15.7. The Labute approximate surface area is 181 Å². The summed E-state index contributed by atoms with van der Waals surface area (Å²) >= 11 is 0. The van der Waals surface area contributed by atoms with E-state index in [1.165, 1.54) is 0 Å². The van der Waals surface area contributed by atoms with Crippen LogP contribution in [0.4, 0.5) is 8.78 Å². The van der Waals surface area contributed by atoms with Gasteiger partial charge in [0.25, 0.3) is 11.4 Å². The Kier molecular flexibility index (Phi) is 4.97. The van der Waals surface area contributed by atoms with Crippen LogP contribution in [0.15, 0.2) is 27.9 Å². The summed E-state index contributed by atoms with van der Waals surface area (Å²) < 4.78 is 78.2. The van der Waals surface area contributed by atoms with Crippen LogP contribution in [0, 0.1) is 19.7 Å². The monoisotopic (exact) mass is 478 g/mol. The van der Waals surface area contributed by atoms with E-state index in [-0.39, 0.29) is 23.1 Å². The lowest BCUT2D eigenvalue weighted by Crippen LogP contribution is -2.43. The SMILES string of the molecule is [2H]C([2H])(OP1(=O)OCc2cc(C)cc(C)c2O1)[C@@]1(F)O[C@@H](n2cc(F)c(=O)[nH]c2=O)[C@H](O)[C@@H]1O. The van der Waals surface area contributed by atoms with Crippen LogP contribution in [0.2, 0.25) is 0 Å². The van der Waals surface area contributed by atoms with E-state index in [4.69, 9.17) is 21.0 Å². The van der Waals surface area contributed by atoms with Crippen LogP contribution in [0.1, 0.15) is 25.7 Å². The van der Waals surface area contributed by atoms with Crippen molar-refractivity contribution in [1.82, 2.24) is 9.55 Å². The van der Waals surface area contributed by atoms with Crippen molar-refractivity contribution in [3.63, 3.8) is 0 Å². The number of aromatic amines is 1. The number of nitrogens with one attached hydrogen (secondary N) is 1. The number of benzene rings is 1. The van der Waals surface area contributed by atoms with Crippen LogP contribution in [-0.2, 0) is 25.0 Å². The van der Waals surface area contributed by atoms with Crippen LogP contribution < -0.4 is 15.8 Å². The molecule has 2 aliphatic rings. The van der Waals surface area contributed by atoms with E-state index in [2.05, 4.69) is 0 Å². The molecule has 1 aromatic heterocycles. The fourth-order valence-electron chi connectivity index (χ4n) is 3.38. The zero-order valence-corrected chi connectivity index (χ0v) is 17.5. The van der Waals surface area contributed by atoms with Crippen molar-refractivity contribution in [3.05, 3.63) is 61.7 Å². The van der Waals surface area contributed by atoms with Gasteiger partial charge in [-0.2, -0.15) is 4.39 Å². The fourth-order valence-corrected chi connectivity index (χ4v) is 4.54. The average molecular weight is 478 g/mol. The zero-order chi connectivity index (χ0) is 25.2. The van der Waals surface area contributed by atoms with E-state index in [1.54, 1.807) is 31.0 Å². The van der Waals surface area contributed by atoms with Gasteiger partial charge in [-0.25, -0.2) is 13.8 Å². The van der Waals surface area contributed by atoms with Crippen LogP contribution in [0.25, 0.3) is 0 Å². The third kappa shape index (κ3) is 3.91. The summed E-state index contributed by atoms with van der Waals surface area (Å²) in [6.45, 7) is -0.703. The van der Waals surface area contributed by atoms with Crippen molar-refractivity contribution in [2.45, 2.75) is 44.7 Å². The molecule has 1 unspecified atom stereocenters. The topological polar surface area (TPSA) is 149 Å². The minimum Gasteiger partial charge on any atom is -0.403 e. The summed E-state index contributed by atoms with van der Waals surface area (Å²) in [5.74, 6) is -5.38. The lowest BCUT2D eigenvalue weighted by atomic mass is 10.1. The van der Waals surface area contributed by atoms with Crippen LogP contribution in [-0.4, -0.2) is 44.4 Å². The maximum Gasteiger partial charge on any atom is 0.530 e. The largest absolute Gasteiger partial charge is 0.530 e. The van der Waals surface area contributed by atoms with E-state index in [0.29, 0.717) is 11.1 Å². The second-order valence-electron chi connectivity index (χ2n) is 7.31. The Bertz CT molecular complexity index is 1320. The predicted octanol–water partition coefficient (Wildman–Crippen LogP) is 0.943. The summed E-state index contributed by atoms with van der Waals surface area (Å²) in [6, 6.07) is 3.36. The lowest BCUT2D eigenvalue weighted by molar-refractivity contribution is -0.205. The molecule has 2 aliphatic heterocycles. The Morgan fingerprint density at radius 2 is 2.12 bits per heavy atom. The molecular formula is C18H19F2N2O9P. The van der Waals surface area contributed by atoms with Gasteiger partial charge in [-0.1, -0.05) is 17.7 Å². The van der Waals surface area contributed by atoms with E-state index >= 15 is 4.39 Å². The van der Waals surface area contributed by atoms with Crippen molar-refractivity contribution < 1.29 is 44.6 Å². The number of fused-ring (bicyclic) bond motifs is 1. The number of H-pyrrole nitrogens is 1. The fraction of sp³-hybridized carbons (Fsp3) is 0.444. The van der Waals surface area contributed by atoms with Crippen LogP contribution >= 0.6 is 7.82 Å². The summed E-state index contributed by atoms with van der Waals surface area (Å²) in [5.41, 5.74) is -0.909. The molecule has 174 valence electrons. The molecule has 14 heteroatoms. The molecule has 0 spiro atoms. The summed E-state index contributed by atoms with van der Waals surface area (Å²) in [5, 5.41) is 20.4. The first kappa shape index (κ1) is 20.2. The molecule has 2 aromatic rings. The highest BCUT2D eigenvalue weighted by Gasteiger charge is 2.57. The number of aliphatic hydroxyl groups excluding tert-OH is 2. The molecule has 5 atom stereocenters. The second-order valence-corrected chi connectivity index (χ2v) is 8.83. The van der Waals surface area contributed by atoms with Crippen molar-refractivity contribution in [1.29, 1.82) is 0 Å². The van der Waals surface area contributed by atoms with Crippen molar-refractivity contribution >= 4 is 7.82 Å². The second kappa shape index (κ2) is 7.87. The molecule has 1 fully saturated rings. The molecule has 0 aliphatic carbocycles. The number of aliphatic hydroxyl groups is 2. The Hall–Kier alpha value is -2.41. The number of halogens is 2. The molecular weight excluding hydrogens is 457 g/mol. The highest BCUT2D eigenvalue weighted by Crippen LogP contribution is 2.56. The van der Waals surface area contributed by atoms with Gasteiger partial charge in [0.05, 0.1) is 15.5 Å². The average Bonchev–Trinajstić information content (AvgIpc) is 2.96. The summed E-state index contributed by atoms with van der Waals surface area (Å²) in [4.78, 5) is 24.7. The van der Waals surface area contributed by atoms with Gasteiger partial charge >= 0.3 is 13.5 Å². The van der Waals surface area contributed by atoms with E-state index < -0.39 is 55.7 Å². The molecule has 0 bridgehead atoms. The third-order valence-corrected chi connectivity index (χ3v) is 6.03. The number of nitrogens with zero attached hydrogens (tertiary/aromatic N) is 1. The maximum atomic E-state index is 15.7. The highest BCUT2D eigenvalue weighted by molar-refractivity contribution is 7.49. The van der Waals surface area contributed by atoms with E-state index in [1.807, 2.05) is 0 Å². The number of phosphoric ester groups is 1. The van der Waals surface area contributed by atoms with Gasteiger partial charge in [0.2, 0.25) is 5.82 Å². The number of hydrogen-bond donors (Lipinski definition) is 3. The van der Waals surface area contributed by atoms with Gasteiger partial charge in [0, 0.05) is 5.56 Å². The Morgan fingerprint density at radius 1 is 1.41 bits per heavy atom. The van der Waals surface area contributed by atoms with Gasteiger partial charge in [-0.05, 0) is 19.4 Å². The minimum absolute atomic E-state index is 0.0740. The van der Waals surface area contributed by atoms with Crippen molar-refractivity contribution in [2.75, 3.05) is 6.56 Å². The number of hydrogen-bond acceptors (Lipinski definition) is 9. The van der Waals surface area contributed by atoms with Gasteiger partial charge in [0.15, 0.2) is 6.23 Å². The number of rotatable bonds is 4. The van der Waals surface area contributed by atoms with Gasteiger partial charge in [0.1, 0.15) is 24.5 Å². The summed E-state index contributed by atoms with van der Waals surface area (Å²) in [6.07, 6.45) is -6.98. The van der Waals surface area contributed by atoms with Gasteiger partial charge in [-0.3, -0.25) is 23.4 Å². The first-order chi connectivity index (χ1) is 15.7. The van der Waals surface area contributed by atoms with E-state index in [0.717, 1.165) is 5.56 Å². The molecule has 11 nitrogen and oxygen atoms in total.